The van der Waals surface area contributed by atoms with E-state index in [4.69, 9.17) is 11.6 Å². The summed E-state index contributed by atoms with van der Waals surface area (Å²) in [5, 5.41) is 13.7. The van der Waals surface area contributed by atoms with Crippen LogP contribution in [0.5, 0.6) is 0 Å². The zero-order chi connectivity index (χ0) is 23.3. The van der Waals surface area contributed by atoms with Gasteiger partial charge in [-0.25, -0.2) is 0 Å². The second-order valence-electron chi connectivity index (χ2n) is 9.05. The molecule has 1 saturated heterocycles. The number of fused-ring (bicyclic) bond motifs is 1. The van der Waals surface area contributed by atoms with Crippen LogP contribution in [0.4, 0.5) is 0 Å². The van der Waals surface area contributed by atoms with E-state index in [1.54, 1.807) is 0 Å². The highest BCUT2D eigenvalue weighted by Gasteiger charge is 2.23. The van der Waals surface area contributed by atoms with Gasteiger partial charge >= 0.3 is 0 Å². The molecule has 2 aromatic carbocycles. The minimum atomic E-state index is 0.0231. The first-order valence-electron chi connectivity index (χ1n) is 12.1. The van der Waals surface area contributed by atoms with Crippen molar-refractivity contribution >= 4 is 29.3 Å². The van der Waals surface area contributed by atoms with Crippen LogP contribution in [0.25, 0.3) is 5.69 Å². The molecular formula is C26H30ClN5OS. The monoisotopic (exact) mass is 495 g/mol. The maximum absolute atomic E-state index is 12.9. The molecule has 3 aromatic rings. The Kier molecular flexibility index (Phi) is 7.52. The number of amides is 1. The molecule has 1 aromatic heterocycles. The molecule has 1 aliphatic heterocycles. The maximum Gasteiger partial charge on any atom is 0.230 e. The Labute approximate surface area is 210 Å². The zero-order valence-electron chi connectivity index (χ0n) is 19.3. The number of rotatable bonds is 7. The Morgan fingerprint density at radius 2 is 1.82 bits per heavy atom. The summed E-state index contributed by atoms with van der Waals surface area (Å²) in [5.74, 6) is 1.22. The summed E-state index contributed by atoms with van der Waals surface area (Å²) in [6.07, 6.45) is 6.90. The van der Waals surface area contributed by atoms with E-state index in [0.29, 0.717) is 10.8 Å². The highest BCUT2D eigenvalue weighted by atomic mass is 35.5. The number of hydrogen-bond donors (Lipinski definition) is 1. The second kappa shape index (κ2) is 10.9. The van der Waals surface area contributed by atoms with Gasteiger partial charge in [-0.2, -0.15) is 0 Å². The Balaban J connectivity index is 1.30. The maximum atomic E-state index is 12.9. The van der Waals surface area contributed by atoms with Crippen LogP contribution in [0, 0.1) is 0 Å². The van der Waals surface area contributed by atoms with Crippen LogP contribution in [0.2, 0.25) is 5.02 Å². The molecular weight excluding hydrogens is 466 g/mol. The van der Waals surface area contributed by atoms with Crippen molar-refractivity contribution < 1.29 is 4.79 Å². The Bertz CT molecular complexity index is 1130. The first-order chi connectivity index (χ1) is 16.7. The Morgan fingerprint density at radius 1 is 1.03 bits per heavy atom. The second-order valence-corrected chi connectivity index (χ2v) is 10.4. The third-order valence-electron chi connectivity index (χ3n) is 6.64. The van der Waals surface area contributed by atoms with Gasteiger partial charge in [0.1, 0.15) is 0 Å². The summed E-state index contributed by atoms with van der Waals surface area (Å²) in [5.41, 5.74) is 3.56. The zero-order valence-corrected chi connectivity index (χ0v) is 20.8. The number of carbonyl (C=O) groups is 1. The van der Waals surface area contributed by atoms with Crippen molar-refractivity contribution in [2.24, 2.45) is 0 Å². The number of aryl methyl sites for hydroxylation is 1. The molecule has 5 rings (SSSR count). The van der Waals surface area contributed by atoms with Crippen molar-refractivity contribution in [1.29, 1.82) is 0 Å². The van der Waals surface area contributed by atoms with Crippen LogP contribution >= 0.6 is 23.4 Å². The summed E-state index contributed by atoms with van der Waals surface area (Å²) >= 11 is 7.57. The van der Waals surface area contributed by atoms with Crippen LogP contribution < -0.4 is 5.32 Å². The van der Waals surface area contributed by atoms with Crippen molar-refractivity contribution in [2.75, 3.05) is 18.8 Å². The van der Waals surface area contributed by atoms with E-state index in [1.807, 2.05) is 24.3 Å². The number of thioether (sulfide) groups is 1. The lowest BCUT2D eigenvalue weighted by molar-refractivity contribution is -0.119. The van der Waals surface area contributed by atoms with Gasteiger partial charge in [0, 0.05) is 10.7 Å². The van der Waals surface area contributed by atoms with Crippen LogP contribution in [0.1, 0.15) is 55.1 Å². The number of carbonyl (C=O) groups excluding carboxylic acids is 1. The lowest BCUT2D eigenvalue weighted by Gasteiger charge is -2.26. The minimum absolute atomic E-state index is 0.0231. The molecule has 1 atom stereocenters. The largest absolute Gasteiger partial charge is 0.349 e. The average Bonchev–Trinajstić information content (AvgIpc) is 3.26. The predicted octanol–water partition coefficient (Wildman–Crippen LogP) is 5.19. The quantitative estimate of drug-likeness (QED) is 0.457. The molecule has 8 heteroatoms. The number of likely N-dealkylation sites (tertiary alicyclic amines) is 1. The van der Waals surface area contributed by atoms with E-state index >= 15 is 0 Å². The van der Waals surface area contributed by atoms with E-state index in [0.717, 1.165) is 55.6 Å². The molecule has 1 fully saturated rings. The molecule has 2 aliphatic rings. The van der Waals surface area contributed by atoms with E-state index in [-0.39, 0.29) is 11.9 Å². The topological polar surface area (TPSA) is 63.1 Å². The minimum Gasteiger partial charge on any atom is -0.349 e. The lowest BCUT2D eigenvalue weighted by Crippen LogP contribution is -2.32. The van der Waals surface area contributed by atoms with Crippen LogP contribution in [0.3, 0.4) is 0 Å². The fourth-order valence-corrected chi connectivity index (χ4v) is 5.84. The van der Waals surface area contributed by atoms with Gasteiger partial charge in [-0.1, -0.05) is 54.0 Å². The SMILES string of the molecule is O=C(CSc1nnc(CN2CCCCC2)n1-c1ccc(Cl)cc1)N[C@H]1CCCc2ccccc21. The molecule has 0 saturated carbocycles. The molecule has 2 heterocycles. The van der Waals surface area contributed by atoms with Crippen LogP contribution in [-0.4, -0.2) is 44.4 Å². The summed E-state index contributed by atoms with van der Waals surface area (Å²) in [6, 6.07) is 16.2. The molecule has 1 N–H and O–H groups in total. The number of nitrogens with zero attached hydrogens (tertiary/aromatic N) is 4. The average molecular weight is 496 g/mol. The standard InChI is InChI=1S/C26H30ClN5OS/c27-20-11-13-21(14-12-20)32-24(17-31-15-4-1-5-16-31)29-30-26(32)34-18-25(33)28-23-10-6-8-19-7-2-3-9-22(19)23/h2-3,7,9,11-14,23H,1,4-6,8,10,15-18H2,(H,28,33)/t23-/m0/s1. The summed E-state index contributed by atoms with van der Waals surface area (Å²) < 4.78 is 2.07. The first kappa shape index (κ1) is 23.4. The van der Waals surface area contributed by atoms with Crippen molar-refractivity contribution in [2.45, 2.75) is 56.3 Å². The highest BCUT2D eigenvalue weighted by Crippen LogP contribution is 2.30. The number of nitrogens with one attached hydrogen (secondary N) is 1. The third kappa shape index (κ3) is 5.48. The Hall–Kier alpha value is -2.35. The van der Waals surface area contributed by atoms with Gasteiger partial charge < -0.3 is 5.32 Å². The fraction of sp³-hybridized carbons (Fsp3) is 0.423. The van der Waals surface area contributed by atoms with E-state index in [1.165, 1.54) is 42.2 Å². The number of aromatic nitrogens is 3. The molecule has 0 bridgehead atoms. The van der Waals surface area contributed by atoms with Crippen molar-refractivity contribution in [1.82, 2.24) is 25.0 Å². The van der Waals surface area contributed by atoms with E-state index < -0.39 is 0 Å². The molecule has 0 radical (unpaired) electrons. The normalized spacial score (nSPS) is 18.4. The van der Waals surface area contributed by atoms with Gasteiger partial charge in [-0.3, -0.25) is 14.3 Å². The van der Waals surface area contributed by atoms with Gasteiger partial charge in [-0.05, 0) is 80.6 Å². The first-order valence-corrected chi connectivity index (χ1v) is 13.5. The molecule has 6 nitrogen and oxygen atoms in total. The van der Waals surface area contributed by atoms with Gasteiger partial charge in [0.15, 0.2) is 11.0 Å². The molecule has 178 valence electrons. The number of halogens is 1. The molecule has 0 unspecified atom stereocenters. The molecule has 0 spiro atoms. The predicted molar refractivity (Wildman–Crippen MR) is 136 cm³/mol. The van der Waals surface area contributed by atoms with Gasteiger partial charge in [0.25, 0.3) is 0 Å². The smallest absolute Gasteiger partial charge is 0.230 e. The van der Waals surface area contributed by atoms with Crippen LogP contribution in [0.15, 0.2) is 53.7 Å². The fourth-order valence-electron chi connectivity index (χ4n) is 4.93. The molecule has 1 aliphatic carbocycles. The number of benzene rings is 2. The summed E-state index contributed by atoms with van der Waals surface area (Å²) in [6.45, 7) is 2.92. The van der Waals surface area contributed by atoms with Gasteiger partial charge in [0.05, 0.1) is 18.3 Å². The van der Waals surface area contributed by atoms with E-state index in [9.17, 15) is 4.79 Å². The van der Waals surface area contributed by atoms with Crippen molar-refractivity contribution in [3.8, 4) is 5.69 Å². The third-order valence-corrected chi connectivity index (χ3v) is 7.82. The Morgan fingerprint density at radius 3 is 2.65 bits per heavy atom. The van der Waals surface area contributed by atoms with Crippen molar-refractivity contribution in [3.63, 3.8) is 0 Å². The van der Waals surface area contributed by atoms with E-state index in [2.05, 4.69) is 49.2 Å². The van der Waals surface area contributed by atoms with Crippen molar-refractivity contribution in [3.05, 3.63) is 70.5 Å². The molecule has 34 heavy (non-hydrogen) atoms. The lowest BCUT2D eigenvalue weighted by atomic mass is 9.88. The highest BCUT2D eigenvalue weighted by molar-refractivity contribution is 7.99. The van der Waals surface area contributed by atoms with Gasteiger partial charge in [-0.15, -0.1) is 10.2 Å². The van der Waals surface area contributed by atoms with Gasteiger partial charge in [0.2, 0.25) is 5.91 Å². The number of hydrogen-bond acceptors (Lipinski definition) is 5. The summed E-state index contributed by atoms with van der Waals surface area (Å²) in [4.78, 5) is 15.3. The van der Waals surface area contributed by atoms with Crippen LogP contribution in [-0.2, 0) is 17.8 Å². The molecule has 1 amide bonds. The summed E-state index contributed by atoms with van der Waals surface area (Å²) in [7, 11) is 0. The number of piperidine rings is 1.